The summed E-state index contributed by atoms with van der Waals surface area (Å²) in [5, 5.41) is 8.61. The molecule has 1 heterocycles. The van der Waals surface area contributed by atoms with E-state index in [9.17, 15) is 8.42 Å². The second-order valence-corrected chi connectivity index (χ2v) is 9.87. The van der Waals surface area contributed by atoms with Crippen LogP contribution in [0.1, 0.15) is 39.0 Å². The van der Waals surface area contributed by atoms with Crippen LogP contribution in [0, 0.1) is 0 Å². The van der Waals surface area contributed by atoms with Gasteiger partial charge in [-0.2, -0.15) is 0 Å². The fraction of sp³-hybridized carbons (Fsp3) is 0.706. The molecule has 1 aromatic rings. The first-order valence-corrected chi connectivity index (χ1v) is 11.2. The average molecular weight is 389 g/mol. The Labute approximate surface area is 156 Å². The van der Waals surface area contributed by atoms with Crippen LogP contribution in [0.4, 0.5) is 0 Å². The molecule has 0 radical (unpaired) electrons. The molecule has 25 heavy (non-hydrogen) atoms. The fourth-order valence-corrected chi connectivity index (χ4v) is 3.92. The van der Waals surface area contributed by atoms with Crippen LogP contribution in [0.3, 0.4) is 0 Å². The van der Waals surface area contributed by atoms with Crippen LogP contribution in [-0.4, -0.2) is 57.7 Å². The Bertz CT molecular complexity index is 625. The van der Waals surface area contributed by atoms with Crippen molar-refractivity contribution in [3.05, 3.63) is 22.4 Å². The van der Waals surface area contributed by atoms with Gasteiger partial charge in [0.05, 0.1) is 12.3 Å². The quantitative estimate of drug-likeness (QED) is 0.366. The third-order valence-electron chi connectivity index (χ3n) is 3.95. The molecule has 0 aliphatic rings. The van der Waals surface area contributed by atoms with E-state index in [4.69, 9.17) is 4.99 Å². The highest BCUT2D eigenvalue weighted by atomic mass is 32.2. The average Bonchev–Trinajstić information content (AvgIpc) is 3.11. The molecule has 144 valence electrons. The summed E-state index contributed by atoms with van der Waals surface area (Å²) in [5.41, 5.74) is -0.00800. The summed E-state index contributed by atoms with van der Waals surface area (Å²) in [6.45, 7) is 10.7. The summed E-state index contributed by atoms with van der Waals surface area (Å²) in [6.07, 6.45) is 0.731. The van der Waals surface area contributed by atoms with Gasteiger partial charge in [-0.25, -0.2) is 12.7 Å². The van der Waals surface area contributed by atoms with Crippen molar-refractivity contribution in [2.45, 2.75) is 39.5 Å². The van der Waals surface area contributed by atoms with Crippen molar-refractivity contribution < 1.29 is 8.42 Å². The number of aliphatic imine (C=N–C) groups is 1. The molecule has 0 aromatic carbocycles. The Hall–Kier alpha value is -1.12. The second kappa shape index (κ2) is 10.1. The van der Waals surface area contributed by atoms with Crippen LogP contribution < -0.4 is 10.6 Å². The van der Waals surface area contributed by atoms with E-state index in [1.54, 1.807) is 25.3 Å². The number of hydrogen-bond donors (Lipinski definition) is 2. The molecule has 0 amide bonds. The zero-order valence-corrected chi connectivity index (χ0v) is 17.6. The minimum Gasteiger partial charge on any atom is -0.357 e. The first kappa shape index (κ1) is 21.9. The molecular formula is C17H32N4O2S2. The molecule has 0 aliphatic carbocycles. The molecule has 0 aliphatic heterocycles. The van der Waals surface area contributed by atoms with E-state index >= 15 is 0 Å². The molecule has 0 unspecified atom stereocenters. The highest BCUT2D eigenvalue weighted by Gasteiger charge is 2.21. The van der Waals surface area contributed by atoms with Crippen molar-refractivity contribution in [3.63, 3.8) is 0 Å². The third-order valence-corrected chi connectivity index (χ3v) is 7.04. The zero-order valence-electron chi connectivity index (χ0n) is 16.0. The Morgan fingerprint density at radius 3 is 2.60 bits per heavy atom. The lowest BCUT2D eigenvalue weighted by Crippen LogP contribution is -2.40. The molecule has 0 fully saturated rings. The van der Waals surface area contributed by atoms with Crippen LogP contribution in [0.25, 0.3) is 0 Å². The van der Waals surface area contributed by atoms with E-state index < -0.39 is 10.0 Å². The van der Waals surface area contributed by atoms with Gasteiger partial charge in [0.15, 0.2) is 5.96 Å². The Kier molecular flexibility index (Phi) is 8.88. The predicted molar refractivity (Wildman–Crippen MR) is 108 cm³/mol. The lowest BCUT2D eigenvalue weighted by atomic mass is 9.92. The van der Waals surface area contributed by atoms with Crippen molar-refractivity contribution in [2.24, 2.45) is 4.99 Å². The van der Waals surface area contributed by atoms with Gasteiger partial charge in [0, 0.05) is 37.0 Å². The van der Waals surface area contributed by atoms with E-state index in [1.165, 1.54) is 9.18 Å². The van der Waals surface area contributed by atoms with Gasteiger partial charge in [-0.1, -0.05) is 19.9 Å². The van der Waals surface area contributed by atoms with E-state index in [-0.39, 0.29) is 11.2 Å². The van der Waals surface area contributed by atoms with Crippen LogP contribution >= 0.6 is 11.3 Å². The molecule has 2 N–H and O–H groups in total. The van der Waals surface area contributed by atoms with Crippen LogP contribution in [-0.2, 0) is 15.4 Å². The van der Waals surface area contributed by atoms with Gasteiger partial charge in [-0.15, -0.1) is 11.3 Å². The highest BCUT2D eigenvalue weighted by Crippen LogP contribution is 2.27. The number of nitrogens with zero attached hydrogens (tertiary/aromatic N) is 2. The summed E-state index contributed by atoms with van der Waals surface area (Å²) < 4.78 is 24.9. The Balaban J connectivity index is 2.51. The number of sulfonamides is 1. The minimum atomic E-state index is -3.10. The maximum Gasteiger partial charge on any atom is 0.213 e. The van der Waals surface area contributed by atoms with Crippen molar-refractivity contribution in [2.75, 3.05) is 39.0 Å². The Morgan fingerprint density at radius 2 is 2.04 bits per heavy atom. The van der Waals surface area contributed by atoms with E-state index in [0.29, 0.717) is 19.6 Å². The smallest absolute Gasteiger partial charge is 0.213 e. The van der Waals surface area contributed by atoms with Crippen LogP contribution in [0.5, 0.6) is 0 Å². The van der Waals surface area contributed by atoms with Crippen molar-refractivity contribution in [1.29, 1.82) is 0 Å². The summed E-state index contributed by atoms with van der Waals surface area (Å²) in [4.78, 5) is 6.01. The highest BCUT2D eigenvalue weighted by molar-refractivity contribution is 7.89. The van der Waals surface area contributed by atoms with Crippen LogP contribution in [0.2, 0.25) is 0 Å². The lowest BCUT2D eigenvalue weighted by molar-refractivity contribution is 0.461. The number of rotatable bonds is 10. The SMILES string of the molecule is CCNC(=NCC(C)(C)c1cccs1)NCCCN(C)S(=O)(=O)CC. The molecule has 0 atom stereocenters. The van der Waals surface area contributed by atoms with Gasteiger partial charge in [-0.3, -0.25) is 4.99 Å². The predicted octanol–water partition coefficient (Wildman–Crippen LogP) is 2.25. The minimum absolute atomic E-state index is 0.00800. The lowest BCUT2D eigenvalue weighted by Gasteiger charge is -2.22. The molecule has 0 saturated carbocycles. The normalized spacial score (nSPS) is 13.3. The molecule has 0 bridgehead atoms. The Morgan fingerprint density at radius 1 is 1.32 bits per heavy atom. The number of hydrogen-bond acceptors (Lipinski definition) is 4. The maximum absolute atomic E-state index is 11.7. The van der Waals surface area contributed by atoms with Gasteiger partial charge in [-0.05, 0) is 31.7 Å². The van der Waals surface area contributed by atoms with Crippen molar-refractivity contribution in [1.82, 2.24) is 14.9 Å². The third kappa shape index (κ3) is 7.33. The first-order valence-electron chi connectivity index (χ1n) is 8.73. The summed E-state index contributed by atoms with van der Waals surface area (Å²) in [7, 11) is -1.48. The van der Waals surface area contributed by atoms with Gasteiger partial charge < -0.3 is 10.6 Å². The van der Waals surface area contributed by atoms with E-state index in [2.05, 4.69) is 42.0 Å². The maximum atomic E-state index is 11.7. The largest absolute Gasteiger partial charge is 0.357 e. The molecule has 1 aromatic heterocycles. The summed E-state index contributed by atoms with van der Waals surface area (Å²) in [6, 6.07) is 4.21. The standard InChI is InChI=1S/C17H32N4O2S2/c1-6-18-16(19-11-9-12-21(5)25(22,23)7-2)20-14-17(3,4)15-10-8-13-24-15/h8,10,13H,6-7,9,11-12,14H2,1-5H3,(H2,18,19,20). The molecule has 0 saturated heterocycles. The molecule has 1 rings (SSSR count). The van der Waals surface area contributed by atoms with Crippen LogP contribution in [0.15, 0.2) is 22.5 Å². The van der Waals surface area contributed by atoms with Crippen molar-refractivity contribution in [3.8, 4) is 0 Å². The topological polar surface area (TPSA) is 73.8 Å². The number of nitrogens with one attached hydrogen (secondary N) is 2. The van der Waals surface area contributed by atoms with Crippen molar-refractivity contribution >= 4 is 27.3 Å². The number of guanidine groups is 1. The molecule has 8 heteroatoms. The van der Waals surface area contributed by atoms with Gasteiger partial charge in [0.2, 0.25) is 10.0 Å². The molecule has 0 spiro atoms. The van der Waals surface area contributed by atoms with Gasteiger partial charge in [0.25, 0.3) is 0 Å². The number of thiophene rings is 1. The first-order chi connectivity index (χ1) is 11.7. The zero-order chi connectivity index (χ0) is 18.9. The summed E-state index contributed by atoms with van der Waals surface area (Å²) in [5.74, 6) is 0.909. The monoisotopic (exact) mass is 388 g/mol. The fourth-order valence-electron chi connectivity index (χ4n) is 2.23. The van der Waals surface area contributed by atoms with E-state index in [1.807, 2.05) is 6.92 Å². The summed E-state index contributed by atoms with van der Waals surface area (Å²) >= 11 is 1.75. The second-order valence-electron chi connectivity index (χ2n) is 6.56. The van der Waals surface area contributed by atoms with Gasteiger partial charge >= 0.3 is 0 Å². The van der Waals surface area contributed by atoms with E-state index in [0.717, 1.165) is 18.9 Å². The molecule has 6 nitrogen and oxygen atoms in total. The van der Waals surface area contributed by atoms with Gasteiger partial charge in [0.1, 0.15) is 0 Å². The molecular weight excluding hydrogens is 356 g/mol.